The van der Waals surface area contributed by atoms with Gasteiger partial charge in [-0.3, -0.25) is 9.59 Å². The van der Waals surface area contributed by atoms with Crippen LogP contribution in [0.15, 0.2) is 18.3 Å². The highest BCUT2D eigenvalue weighted by atomic mass is 16.1. The minimum absolute atomic E-state index is 0.421. The molecule has 15 heavy (non-hydrogen) atoms. The first-order valence-electron chi connectivity index (χ1n) is 5.15. The molecule has 1 aliphatic carbocycles. The number of hydrogen-bond donors (Lipinski definition) is 2. The van der Waals surface area contributed by atoms with E-state index in [1.54, 1.807) is 18.3 Å². The number of aromatic amines is 1. The van der Waals surface area contributed by atoms with Gasteiger partial charge in [-0.25, -0.2) is 0 Å². The highest BCUT2D eigenvalue weighted by Crippen LogP contribution is 2.12. The smallest absolute Gasteiger partial charge is 0.265 e. The third kappa shape index (κ3) is 4.44. The van der Waals surface area contributed by atoms with Gasteiger partial charge in [-0.15, -0.1) is 0 Å². The third-order valence-electron chi connectivity index (χ3n) is 2.27. The molecule has 1 saturated carbocycles. The third-order valence-corrected chi connectivity index (χ3v) is 2.27. The summed E-state index contributed by atoms with van der Waals surface area (Å²) in [4.78, 5) is 23.4. The number of primary amides is 1. The highest BCUT2D eigenvalue weighted by Gasteiger charge is 2.05. The van der Waals surface area contributed by atoms with E-state index in [1.807, 2.05) is 0 Å². The minimum atomic E-state index is -0.421. The van der Waals surface area contributed by atoms with Gasteiger partial charge in [-0.2, -0.15) is 0 Å². The molecule has 2 rings (SSSR count). The van der Waals surface area contributed by atoms with Crippen molar-refractivity contribution in [1.82, 2.24) is 4.98 Å². The number of Topliss-reactive ketones (excluding diaryl/α,β-unsaturated/α-hetero) is 1. The van der Waals surface area contributed by atoms with E-state index < -0.39 is 5.91 Å². The van der Waals surface area contributed by atoms with Crippen molar-refractivity contribution in [3.8, 4) is 0 Å². The number of nitrogens with one attached hydrogen (secondary N) is 1. The van der Waals surface area contributed by atoms with E-state index >= 15 is 0 Å². The summed E-state index contributed by atoms with van der Waals surface area (Å²) < 4.78 is 0. The van der Waals surface area contributed by atoms with E-state index in [-0.39, 0.29) is 0 Å². The van der Waals surface area contributed by atoms with E-state index in [0.717, 1.165) is 25.7 Å². The first kappa shape index (κ1) is 11.5. The highest BCUT2D eigenvalue weighted by molar-refractivity contribution is 5.90. The minimum Gasteiger partial charge on any atom is -0.364 e. The molecule has 0 aliphatic heterocycles. The van der Waals surface area contributed by atoms with Crippen LogP contribution in [0.5, 0.6) is 0 Å². The zero-order valence-corrected chi connectivity index (χ0v) is 8.66. The molecule has 1 fully saturated rings. The molecule has 1 aromatic heterocycles. The van der Waals surface area contributed by atoms with Gasteiger partial charge in [-0.1, -0.05) is 6.42 Å². The van der Waals surface area contributed by atoms with Crippen LogP contribution in [0.25, 0.3) is 0 Å². The van der Waals surface area contributed by atoms with Crippen LogP contribution in [-0.4, -0.2) is 16.7 Å². The van der Waals surface area contributed by atoms with Gasteiger partial charge in [0, 0.05) is 19.0 Å². The molecule has 82 valence electrons. The van der Waals surface area contributed by atoms with Crippen molar-refractivity contribution < 1.29 is 9.59 Å². The number of nitrogens with two attached hydrogens (primary N) is 1. The Bertz CT molecular complexity index is 309. The van der Waals surface area contributed by atoms with Gasteiger partial charge in [-0.05, 0) is 25.0 Å². The molecule has 1 aliphatic rings. The Hall–Kier alpha value is -1.58. The Labute approximate surface area is 88.9 Å². The lowest BCUT2D eigenvalue weighted by molar-refractivity contribution is -0.120. The maximum absolute atomic E-state index is 10.5. The van der Waals surface area contributed by atoms with Crippen molar-refractivity contribution in [3.05, 3.63) is 24.0 Å². The number of rotatable bonds is 1. The quantitative estimate of drug-likeness (QED) is 0.736. The average molecular weight is 208 g/mol. The monoisotopic (exact) mass is 208 g/mol. The summed E-state index contributed by atoms with van der Waals surface area (Å²) in [5.74, 6) is 0.0428. The number of carbonyl (C=O) groups is 2. The van der Waals surface area contributed by atoms with Crippen LogP contribution in [0.1, 0.15) is 42.6 Å². The van der Waals surface area contributed by atoms with Crippen LogP contribution in [0, 0.1) is 0 Å². The molecule has 0 spiro atoms. The summed E-state index contributed by atoms with van der Waals surface area (Å²) in [6.45, 7) is 0. The molecule has 4 nitrogen and oxygen atoms in total. The normalized spacial score (nSPS) is 15.3. The molecule has 1 amide bonds. The van der Waals surface area contributed by atoms with Crippen LogP contribution < -0.4 is 5.73 Å². The Morgan fingerprint density at radius 1 is 1.27 bits per heavy atom. The van der Waals surface area contributed by atoms with Crippen molar-refractivity contribution in [2.45, 2.75) is 32.1 Å². The maximum atomic E-state index is 10.5. The fourth-order valence-corrected chi connectivity index (χ4v) is 1.43. The molecule has 0 radical (unpaired) electrons. The summed E-state index contributed by atoms with van der Waals surface area (Å²) >= 11 is 0. The number of H-pyrrole nitrogens is 1. The summed E-state index contributed by atoms with van der Waals surface area (Å²) in [6, 6.07) is 3.35. The van der Waals surface area contributed by atoms with Crippen molar-refractivity contribution in [2.24, 2.45) is 5.73 Å². The van der Waals surface area contributed by atoms with E-state index in [1.165, 1.54) is 6.42 Å². The predicted molar refractivity (Wildman–Crippen MR) is 57.4 cm³/mol. The lowest BCUT2D eigenvalue weighted by atomic mass is 10.00. The van der Waals surface area contributed by atoms with Gasteiger partial charge < -0.3 is 10.7 Å². The van der Waals surface area contributed by atoms with Gasteiger partial charge in [0.2, 0.25) is 0 Å². The lowest BCUT2D eigenvalue weighted by Gasteiger charge is -2.05. The molecule has 0 saturated heterocycles. The van der Waals surface area contributed by atoms with Gasteiger partial charge in [0.05, 0.1) is 0 Å². The van der Waals surface area contributed by atoms with E-state index in [9.17, 15) is 9.59 Å². The number of ketones is 1. The van der Waals surface area contributed by atoms with Crippen LogP contribution in [-0.2, 0) is 4.79 Å². The molecule has 4 heteroatoms. The summed E-state index contributed by atoms with van der Waals surface area (Å²) in [5, 5.41) is 0. The van der Waals surface area contributed by atoms with Crippen molar-refractivity contribution in [2.75, 3.05) is 0 Å². The van der Waals surface area contributed by atoms with Crippen LogP contribution in [0.2, 0.25) is 0 Å². The fraction of sp³-hybridized carbons (Fsp3) is 0.455. The molecular weight excluding hydrogens is 192 g/mol. The molecule has 3 N–H and O–H groups in total. The predicted octanol–water partition coefficient (Wildman–Crippen LogP) is 1.63. The number of hydrogen-bond acceptors (Lipinski definition) is 2. The fourth-order valence-electron chi connectivity index (χ4n) is 1.43. The number of carbonyl (C=O) groups excluding carboxylic acids is 2. The van der Waals surface area contributed by atoms with Crippen LogP contribution >= 0.6 is 0 Å². The Kier molecular flexibility index (Phi) is 4.60. The summed E-state index contributed by atoms with van der Waals surface area (Å²) in [6.07, 6.45) is 6.89. The molecule has 0 bridgehead atoms. The summed E-state index contributed by atoms with van der Waals surface area (Å²) in [5.41, 5.74) is 5.34. The lowest BCUT2D eigenvalue weighted by Crippen LogP contribution is -2.10. The first-order valence-corrected chi connectivity index (χ1v) is 5.15. The van der Waals surface area contributed by atoms with E-state index in [2.05, 4.69) is 4.98 Å². The van der Waals surface area contributed by atoms with Crippen LogP contribution in [0.3, 0.4) is 0 Å². The molecule has 0 atom stereocenters. The second-order valence-electron chi connectivity index (χ2n) is 3.55. The van der Waals surface area contributed by atoms with Gasteiger partial charge in [0.15, 0.2) is 0 Å². The van der Waals surface area contributed by atoms with Crippen LogP contribution in [0.4, 0.5) is 0 Å². The molecule has 1 aromatic rings. The maximum Gasteiger partial charge on any atom is 0.265 e. The standard InChI is InChI=1S/C6H10O.C5H6N2O/c7-6-4-2-1-3-5-6;6-5(8)4-2-1-3-7-4/h1-5H2;1-3,7H,(H2,6,8). The molecule has 0 aromatic carbocycles. The van der Waals surface area contributed by atoms with Crippen molar-refractivity contribution in [3.63, 3.8) is 0 Å². The van der Waals surface area contributed by atoms with Gasteiger partial charge in [0.1, 0.15) is 11.5 Å². The van der Waals surface area contributed by atoms with Gasteiger partial charge in [0.25, 0.3) is 5.91 Å². The Morgan fingerprint density at radius 2 is 1.93 bits per heavy atom. The second kappa shape index (κ2) is 6.01. The largest absolute Gasteiger partial charge is 0.364 e. The second-order valence-corrected chi connectivity index (χ2v) is 3.55. The number of amides is 1. The Balaban J connectivity index is 0.000000151. The SMILES string of the molecule is NC(=O)c1ccc[nH]1.O=C1CCCCC1. The zero-order chi connectivity index (χ0) is 11.1. The van der Waals surface area contributed by atoms with Crippen molar-refractivity contribution >= 4 is 11.7 Å². The zero-order valence-electron chi connectivity index (χ0n) is 8.66. The van der Waals surface area contributed by atoms with Gasteiger partial charge >= 0.3 is 0 Å². The topological polar surface area (TPSA) is 76.0 Å². The van der Waals surface area contributed by atoms with E-state index in [4.69, 9.17) is 5.73 Å². The molecule has 1 heterocycles. The number of aromatic nitrogens is 1. The first-order chi connectivity index (χ1) is 7.20. The van der Waals surface area contributed by atoms with Crippen molar-refractivity contribution in [1.29, 1.82) is 0 Å². The molecular formula is C11H16N2O2. The summed E-state index contributed by atoms with van der Waals surface area (Å²) in [7, 11) is 0. The Morgan fingerprint density at radius 3 is 2.20 bits per heavy atom. The van der Waals surface area contributed by atoms with E-state index in [0.29, 0.717) is 11.5 Å². The molecule has 0 unspecified atom stereocenters. The average Bonchev–Trinajstić information content (AvgIpc) is 2.72.